The van der Waals surface area contributed by atoms with E-state index in [4.69, 9.17) is 0 Å². The fourth-order valence-electron chi connectivity index (χ4n) is 2.68. The highest BCUT2D eigenvalue weighted by Gasteiger charge is 2.18. The number of carbonyl (C=O) groups excluding carboxylic acids is 1. The van der Waals surface area contributed by atoms with Gasteiger partial charge in [0.25, 0.3) is 5.91 Å². The normalized spacial score (nSPS) is 11.5. The fraction of sp³-hybridized carbons (Fsp3) is 0.100. The van der Waals surface area contributed by atoms with Gasteiger partial charge in [0, 0.05) is 30.5 Å². The summed E-state index contributed by atoms with van der Waals surface area (Å²) >= 11 is 1.36. The van der Waals surface area contributed by atoms with Gasteiger partial charge in [0.05, 0.1) is 31.6 Å². The zero-order valence-electron chi connectivity index (χ0n) is 15.4. The van der Waals surface area contributed by atoms with Gasteiger partial charge in [0.15, 0.2) is 0 Å². The van der Waals surface area contributed by atoms with Crippen molar-refractivity contribution in [3.8, 4) is 0 Å². The maximum absolute atomic E-state index is 12.6. The van der Waals surface area contributed by atoms with E-state index < -0.39 is 9.84 Å². The van der Waals surface area contributed by atoms with Crippen LogP contribution in [0, 0.1) is 6.92 Å². The van der Waals surface area contributed by atoms with Crippen molar-refractivity contribution >= 4 is 37.2 Å². The first-order chi connectivity index (χ1) is 13.9. The lowest BCUT2D eigenvalue weighted by Gasteiger charge is -2.06. The van der Waals surface area contributed by atoms with E-state index in [9.17, 15) is 13.2 Å². The predicted molar refractivity (Wildman–Crippen MR) is 109 cm³/mol. The number of aromatic nitrogens is 3. The molecular weight excluding hydrogens is 408 g/mol. The molecule has 7 nitrogen and oxygen atoms in total. The van der Waals surface area contributed by atoms with Gasteiger partial charge >= 0.3 is 0 Å². The molecule has 0 saturated heterocycles. The van der Waals surface area contributed by atoms with Crippen LogP contribution >= 0.6 is 11.3 Å². The Kier molecular flexibility index (Phi) is 5.08. The first-order valence-electron chi connectivity index (χ1n) is 8.68. The minimum atomic E-state index is -3.68. The van der Waals surface area contributed by atoms with Crippen LogP contribution in [0.5, 0.6) is 0 Å². The third-order valence-corrected chi connectivity index (χ3v) is 7.09. The summed E-state index contributed by atoms with van der Waals surface area (Å²) in [6.45, 7) is 1.98. The first kappa shape index (κ1) is 19.2. The van der Waals surface area contributed by atoms with E-state index in [2.05, 4.69) is 20.3 Å². The second-order valence-corrected chi connectivity index (χ2v) is 9.36. The minimum absolute atomic E-state index is 0.0789. The van der Waals surface area contributed by atoms with Crippen molar-refractivity contribution in [2.45, 2.75) is 23.3 Å². The largest absolute Gasteiger partial charge is 0.346 e. The average Bonchev–Trinajstić information content (AvgIpc) is 3.17. The Balaban J connectivity index is 1.45. The molecule has 29 heavy (non-hydrogen) atoms. The Bertz CT molecular complexity index is 1250. The predicted octanol–water partition coefficient (Wildman–Crippen LogP) is 3.16. The summed E-state index contributed by atoms with van der Waals surface area (Å²) < 4.78 is 26.2. The van der Waals surface area contributed by atoms with E-state index in [1.165, 1.54) is 35.9 Å². The summed E-state index contributed by atoms with van der Waals surface area (Å²) in [7, 11) is -3.68. The van der Waals surface area contributed by atoms with Crippen molar-refractivity contribution in [3.63, 3.8) is 0 Å². The number of fused-ring (bicyclic) bond motifs is 1. The van der Waals surface area contributed by atoms with Gasteiger partial charge in [0.1, 0.15) is 0 Å². The number of hydrogen-bond donors (Lipinski definition) is 1. The Labute approximate surface area is 171 Å². The van der Waals surface area contributed by atoms with Gasteiger partial charge in [-0.1, -0.05) is 0 Å². The third kappa shape index (κ3) is 4.01. The van der Waals surface area contributed by atoms with Crippen LogP contribution in [0.3, 0.4) is 0 Å². The number of nitrogens with zero attached hydrogens (tertiary/aromatic N) is 3. The molecule has 0 atom stereocenters. The van der Waals surface area contributed by atoms with Crippen LogP contribution in [0.25, 0.3) is 10.1 Å². The van der Waals surface area contributed by atoms with E-state index in [-0.39, 0.29) is 22.2 Å². The Morgan fingerprint density at radius 1 is 1.03 bits per heavy atom. The van der Waals surface area contributed by atoms with Crippen LogP contribution in [-0.4, -0.2) is 29.3 Å². The van der Waals surface area contributed by atoms with E-state index in [0.717, 1.165) is 15.8 Å². The summed E-state index contributed by atoms with van der Waals surface area (Å²) in [5.41, 5.74) is 1.30. The monoisotopic (exact) mass is 424 g/mol. The molecule has 4 aromatic heterocycles. The molecule has 0 spiro atoms. The van der Waals surface area contributed by atoms with Gasteiger partial charge < -0.3 is 5.32 Å². The molecule has 1 amide bonds. The molecule has 0 radical (unpaired) electrons. The molecule has 0 saturated carbocycles. The molecular formula is C20H16N4O3S2. The highest BCUT2D eigenvalue weighted by atomic mass is 32.2. The molecule has 9 heteroatoms. The van der Waals surface area contributed by atoms with Gasteiger partial charge in [-0.25, -0.2) is 8.42 Å². The first-order valence-corrected chi connectivity index (χ1v) is 11.0. The van der Waals surface area contributed by atoms with Crippen LogP contribution in [0.2, 0.25) is 0 Å². The molecule has 0 fully saturated rings. The van der Waals surface area contributed by atoms with Gasteiger partial charge in [-0.15, -0.1) is 11.3 Å². The molecule has 0 aliphatic carbocycles. The lowest BCUT2D eigenvalue weighted by Crippen LogP contribution is -2.22. The topological polar surface area (TPSA) is 102 Å². The molecule has 4 rings (SSSR count). The lowest BCUT2D eigenvalue weighted by atomic mass is 10.3. The van der Waals surface area contributed by atoms with E-state index in [1.54, 1.807) is 31.5 Å². The van der Waals surface area contributed by atoms with E-state index in [1.807, 2.05) is 12.1 Å². The number of sulfone groups is 1. The van der Waals surface area contributed by atoms with Crippen molar-refractivity contribution in [3.05, 3.63) is 77.5 Å². The number of amides is 1. The fourth-order valence-corrected chi connectivity index (χ4v) is 4.77. The Morgan fingerprint density at radius 3 is 2.45 bits per heavy atom. The van der Waals surface area contributed by atoms with Crippen molar-refractivity contribution in [2.75, 3.05) is 0 Å². The van der Waals surface area contributed by atoms with Crippen molar-refractivity contribution in [2.24, 2.45) is 0 Å². The molecule has 0 aromatic carbocycles. The summed E-state index contributed by atoms with van der Waals surface area (Å²) in [6.07, 6.45) is 6.03. The van der Waals surface area contributed by atoms with Crippen LogP contribution in [0.4, 0.5) is 0 Å². The highest BCUT2D eigenvalue weighted by molar-refractivity contribution is 7.91. The second kappa shape index (κ2) is 7.69. The maximum Gasteiger partial charge on any atom is 0.261 e. The standard InChI is InChI=1S/C20H16N4O3S2/c1-13-2-4-16(10-22-13)29(26,27)17-5-3-15(23-11-17)9-24-20(25)18-8-14-6-7-21-12-19(14)28-18/h2-8,10-12H,9H2,1H3,(H,24,25). The maximum atomic E-state index is 12.6. The summed E-state index contributed by atoms with van der Waals surface area (Å²) in [5.74, 6) is -0.213. The molecule has 4 heterocycles. The van der Waals surface area contributed by atoms with Gasteiger partial charge in [0.2, 0.25) is 9.84 Å². The number of thiophene rings is 1. The zero-order chi connectivity index (χ0) is 20.4. The number of hydrogen-bond acceptors (Lipinski definition) is 7. The van der Waals surface area contributed by atoms with Crippen LogP contribution < -0.4 is 5.32 Å². The number of carbonyl (C=O) groups is 1. The lowest BCUT2D eigenvalue weighted by molar-refractivity contribution is 0.0954. The van der Waals surface area contributed by atoms with Crippen LogP contribution in [-0.2, 0) is 16.4 Å². The van der Waals surface area contributed by atoms with Crippen molar-refractivity contribution in [1.82, 2.24) is 20.3 Å². The number of nitrogens with one attached hydrogen (secondary N) is 1. The molecule has 4 aromatic rings. The Morgan fingerprint density at radius 2 is 1.79 bits per heavy atom. The summed E-state index contributed by atoms with van der Waals surface area (Å²) in [5, 5.41) is 3.77. The number of rotatable bonds is 5. The second-order valence-electron chi connectivity index (χ2n) is 6.33. The zero-order valence-corrected chi connectivity index (χ0v) is 17.0. The third-order valence-electron chi connectivity index (χ3n) is 4.28. The van der Waals surface area contributed by atoms with E-state index in [0.29, 0.717) is 10.6 Å². The van der Waals surface area contributed by atoms with Gasteiger partial charge in [-0.2, -0.15) is 0 Å². The quantitative estimate of drug-likeness (QED) is 0.528. The van der Waals surface area contributed by atoms with Gasteiger partial charge in [-0.3, -0.25) is 19.7 Å². The molecule has 146 valence electrons. The minimum Gasteiger partial charge on any atom is -0.346 e. The number of aryl methyl sites for hydroxylation is 1. The molecule has 0 bridgehead atoms. The highest BCUT2D eigenvalue weighted by Crippen LogP contribution is 2.24. The van der Waals surface area contributed by atoms with Crippen molar-refractivity contribution < 1.29 is 13.2 Å². The molecule has 1 N–H and O–H groups in total. The molecule has 0 unspecified atom stereocenters. The smallest absolute Gasteiger partial charge is 0.261 e. The Hall–Kier alpha value is -3.17. The number of pyridine rings is 3. The average molecular weight is 425 g/mol. The molecule has 0 aliphatic rings. The van der Waals surface area contributed by atoms with Gasteiger partial charge in [-0.05, 0) is 48.7 Å². The van der Waals surface area contributed by atoms with Crippen molar-refractivity contribution in [1.29, 1.82) is 0 Å². The SMILES string of the molecule is Cc1ccc(S(=O)(=O)c2ccc(CNC(=O)c3cc4ccncc4s3)nc2)cn1. The van der Waals surface area contributed by atoms with Crippen LogP contribution in [0.15, 0.2) is 71.0 Å². The summed E-state index contributed by atoms with van der Waals surface area (Å²) in [6, 6.07) is 9.90. The van der Waals surface area contributed by atoms with Crippen LogP contribution in [0.1, 0.15) is 21.1 Å². The summed E-state index contributed by atoms with van der Waals surface area (Å²) in [4.78, 5) is 25.4. The van der Waals surface area contributed by atoms with E-state index >= 15 is 0 Å². The molecule has 0 aliphatic heterocycles.